The molecule has 2 aromatic heterocycles. The van der Waals surface area contributed by atoms with Gasteiger partial charge in [0.15, 0.2) is 4.80 Å². The summed E-state index contributed by atoms with van der Waals surface area (Å²) in [6.07, 6.45) is 1.93. The zero-order valence-electron chi connectivity index (χ0n) is 26.8. The molecule has 0 fully saturated rings. The van der Waals surface area contributed by atoms with E-state index in [9.17, 15) is 9.59 Å². The molecule has 9 heteroatoms. The van der Waals surface area contributed by atoms with Gasteiger partial charge < -0.3 is 18.9 Å². The van der Waals surface area contributed by atoms with Gasteiger partial charge in [0.25, 0.3) is 5.56 Å². The molecule has 46 heavy (non-hydrogen) atoms. The van der Waals surface area contributed by atoms with E-state index < -0.39 is 12.0 Å². The quantitative estimate of drug-likeness (QED) is 0.214. The van der Waals surface area contributed by atoms with E-state index in [0.29, 0.717) is 26.4 Å². The molecule has 1 aliphatic heterocycles. The number of thiazole rings is 1. The van der Waals surface area contributed by atoms with Crippen LogP contribution in [0.15, 0.2) is 100 Å². The molecule has 0 N–H and O–H groups in total. The van der Waals surface area contributed by atoms with Crippen molar-refractivity contribution in [3.8, 4) is 11.4 Å². The fourth-order valence-electron chi connectivity index (χ4n) is 5.91. The Labute approximate surface area is 271 Å². The van der Waals surface area contributed by atoms with E-state index in [2.05, 4.69) is 53.6 Å². The summed E-state index contributed by atoms with van der Waals surface area (Å²) < 4.78 is 15.3. The number of nitrogens with zero attached hydrogens (tertiary/aromatic N) is 4. The normalized spacial score (nSPS) is 14.6. The lowest BCUT2D eigenvalue weighted by Crippen LogP contribution is -2.40. The highest BCUT2D eigenvalue weighted by Crippen LogP contribution is 2.35. The van der Waals surface area contributed by atoms with Crippen LogP contribution in [0.4, 0.5) is 5.69 Å². The minimum atomic E-state index is -0.749. The molecule has 0 amide bonds. The topological polar surface area (TPSA) is 78.1 Å². The summed E-state index contributed by atoms with van der Waals surface area (Å²) in [5.74, 6) is 0.164. The second-order valence-corrected chi connectivity index (χ2v) is 12.3. The monoisotopic (exact) mass is 632 g/mol. The summed E-state index contributed by atoms with van der Waals surface area (Å²) in [5, 5.41) is 0. The van der Waals surface area contributed by atoms with Crippen LogP contribution in [0.25, 0.3) is 17.5 Å². The van der Waals surface area contributed by atoms with Crippen LogP contribution >= 0.6 is 11.3 Å². The number of benzene rings is 3. The van der Waals surface area contributed by atoms with E-state index in [1.807, 2.05) is 74.8 Å². The number of ether oxygens (including phenoxy) is 2. The first-order valence-electron chi connectivity index (χ1n) is 15.1. The first-order valence-corrected chi connectivity index (χ1v) is 15.9. The Morgan fingerprint density at radius 3 is 2.33 bits per heavy atom. The Bertz CT molecular complexity index is 2120. The first kappa shape index (κ1) is 30.9. The van der Waals surface area contributed by atoms with Crippen LogP contribution in [0.5, 0.6) is 5.75 Å². The molecule has 234 valence electrons. The molecule has 0 unspecified atom stereocenters. The first-order chi connectivity index (χ1) is 22.2. The highest BCUT2D eigenvalue weighted by molar-refractivity contribution is 7.07. The van der Waals surface area contributed by atoms with Gasteiger partial charge in [-0.1, -0.05) is 53.8 Å². The van der Waals surface area contributed by atoms with Crippen LogP contribution < -0.4 is 24.5 Å². The van der Waals surface area contributed by atoms with E-state index in [1.54, 1.807) is 18.6 Å². The van der Waals surface area contributed by atoms with Crippen molar-refractivity contribution in [2.45, 2.75) is 26.8 Å². The van der Waals surface area contributed by atoms with Crippen molar-refractivity contribution in [1.29, 1.82) is 0 Å². The van der Waals surface area contributed by atoms with Crippen molar-refractivity contribution >= 4 is 34.8 Å². The Morgan fingerprint density at radius 2 is 1.70 bits per heavy atom. The summed E-state index contributed by atoms with van der Waals surface area (Å²) in [7, 11) is 5.64. The average molecular weight is 633 g/mol. The predicted octanol–water partition coefficient (Wildman–Crippen LogP) is 5.42. The van der Waals surface area contributed by atoms with Gasteiger partial charge in [-0.05, 0) is 80.4 Å². The molecule has 0 spiro atoms. The minimum Gasteiger partial charge on any atom is -0.497 e. The third-order valence-electron chi connectivity index (χ3n) is 8.19. The molecule has 0 saturated heterocycles. The van der Waals surface area contributed by atoms with Crippen LogP contribution in [0.2, 0.25) is 0 Å². The van der Waals surface area contributed by atoms with E-state index >= 15 is 0 Å². The number of carbonyl (C=O) groups is 1. The fraction of sp³-hybridized carbons (Fsp3) is 0.216. The Kier molecular flexibility index (Phi) is 8.51. The van der Waals surface area contributed by atoms with Crippen LogP contribution in [0.1, 0.15) is 41.0 Å². The van der Waals surface area contributed by atoms with Crippen molar-refractivity contribution in [3.63, 3.8) is 0 Å². The number of rotatable bonds is 8. The summed E-state index contributed by atoms with van der Waals surface area (Å²) in [6, 6.07) is 26.7. The largest absolute Gasteiger partial charge is 0.497 e. The number of fused-ring (bicyclic) bond motifs is 1. The third-order valence-corrected chi connectivity index (χ3v) is 9.17. The molecule has 3 heterocycles. The molecule has 0 aliphatic carbocycles. The molecule has 1 atom stereocenters. The van der Waals surface area contributed by atoms with E-state index in [-0.39, 0.29) is 12.2 Å². The lowest BCUT2D eigenvalue weighted by molar-refractivity contribution is -0.138. The van der Waals surface area contributed by atoms with Crippen molar-refractivity contribution in [2.24, 2.45) is 4.99 Å². The number of methoxy groups -OCH3 is 1. The van der Waals surface area contributed by atoms with Crippen molar-refractivity contribution < 1.29 is 14.3 Å². The number of aryl methyl sites for hydroxylation is 1. The molecule has 0 saturated carbocycles. The molecule has 6 rings (SSSR count). The number of esters is 1. The summed E-state index contributed by atoms with van der Waals surface area (Å²) in [6.45, 7) is 6.08. The third kappa shape index (κ3) is 5.58. The maximum absolute atomic E-state index is 14.3. The van der Waals surface area contributed by atoms with E-state index in [0.717, 1.165) is 39.5 Å². The zero-order chi connectivity index (χ0) is 32.5. The maximum Gasteiger partial charge on any atom is 0.338 e. The van der Waals surface area contributed by atoms with Gasteiger partial charge in [-0.2, -0.15) is 0 Å². The molecule has 8 nitrogen and oxygen atoms in total. The second-order valence-electron chi connectivity index (χ2n) is 11.3. The van der Waals surface area contributed by atoms with E-state index in [4.69, 9.17) is 14.5 Å². The van der Waals surface area contributed by atoms with Crippen LogP contribution in [-0.4, -0.2) is 42.9 Å². The molecular formula is C37H36N4O4S. The summed E-state index contributed by atoms with van der Waals surface area (Å²) in [4.78, 5) is 35.6. The Morgan fingerprint density at radius 1 is 1.00 bits per heavy atom. The van der Waals surface area contributed by atoms with Crippen LogP contribution in [0.3, 0.4) is 0 Å². The maximum atomic E-state index is 14.3. The van der Waals surface area contributed by atoms with Gasteiger partial charge in [-0.25, -0.2) is 9.79 Å². The SMILES string of the molecule is CCOC(=O)C1=C(c2ccccc2)N=c2s/c(=C/c3cc(C)n(-c4ccc(N(C)C)cc4)c3C)c(=O)n2[C@H]1c1ccc(OC)cc1. The number of anilines is 1. The fourth-order valence-corrected chi connectivity index (χ4v) is 6.91. The van der Waals surface area contributed by atoms with Gasteiger partial charge >= 0.3 is 5.97 Å². The average Bonchev–Trinajstić information content (AvgIpc) is 3.53. The molecular weight excluding hydrogens is 596 g/mol. The number of carbonyl (C=O) groups excluding carboxylic acids is 1. The smallest absolute Gasteiger partial charge is 0.338 e. The Balaban J connectivity index is 1.56. The van der Waals surface area contributed by atoms with Crippen molar-refractivity contribution in [1.82, 2.24) is 9.13 Å². The molecule has 5 aromatic rings. The number of hydrogen-bond donors (Lipinski definition) is 0. The van der Waals surface area contributed by atoms with Gasteiger partial charge in [0, 0.05) is 42.4 Å². The molecule has 0 radical (unpaired) electrons. The van der Waals surface area contributed by atoms with Gasteiger partial charge in [0.1, 0.15) is 5.75 Å². The highest BCUT2D eigenvalue weighted by Gasteiger charge is 2.35. The second kappa shape index (κ2) is 12.7. The Hall–Kier alpha value is -5.15. The van der Waals surface area contributed by atoms with Gasteiger partial charge in [0.2, 0.25) is 0 Å². The number of hydrogen-bond acceptors (Lipinski definition) is 7. The minimum absolute atomic E-state index is 0.192. The predicted molar refractivity (Wildman–Crippen MR) is 184 cm³/mol. The molecule has 1 aliphatic rings. The lowest BCUT2D eigenvalue weighted by Gasteiger charge is -2.26. The molecule has 0 bridgehead atoms. The number of aromatic nitrogens is 2. The van der Waals surface area contributed by atoms with Gasteiger partial charge in [0.05, 0.1) is 35.6 Å². The zero-order valence-corrected chi connectivity index (χ0v) is 27.6. The van der Waals surface area contributed by atoms with Crippen LogP contribution in [0, 0.1) is 13.8 Å². The van der Waals surface area contributed by atoms with Crippen LogP contribution in [-0.2, 0) is 9.53 Å². The van der Waals surface area contributed by atoms with Crippen molar-refractivity contribution in [2.75, 3.05) is 32.7 Å². The summed E-state index contributed by atoms with van der Waals surface area (Å²) in [5.41, 5.74) is 7.29. The van der Waals surface area contributed by atoms with E-state index in [1.165, 1.54) is 11.3 Å². The van der Waals surface area contributed by atoms with Crippen molar-refractivity contribution in [3.05, 3.63) is 138 Å². The standard InChI is InChI=1S/C37H36N4O4S/c1-7-45-36(43)32-33(25-11-9-8-10-12-25)38-37-41(34(32)26-13-19-30(44-6)20-14-26)35(42)31(46-37)22-27-21-23(2)40(24(27)3)29-17-15-28(16-18-29)39(4)5/h8-22,34H,7H2,1-6H3/b31-22+/t34-/m0/s1. The lowest BCUT2D eigenvalue weighted by atomic mass is 9.93. The summed E-state index contributed by atoms with van der Waals surface area (Å²) >= 11 is 1.32. The highest BCUT2D eigenvalue weighted by atomic mass is 32.1. The van der Waals surface area contributed by atoms with Gasteiger partial charge in [-0.15, -0.1) is 0 Å². The molecule has 3 aromatic carbocycles. The van der Waals surface area contributed by atoms with Gasteiger partial charge in [-0.3, -0.25) is 9.36 Å².